The average molecular weight is 227 g/mol. The van der Waals surface area contributed by atoms with Gasteiger partial charge in [-0.3, -0.25) is 4.79 Å². The predicted octanol–water partition coefficient (Wildman–Crippen LogP) is 3.69. The summed E-state index contributed by atoms with van der Waals surface area (Å²) in [6.07, 6.45) is 9.77. The summed E-state index contributed by atoms with van der Waals surface area (Å²) in [6.45, 7) is 7.10. The van der Waals surface area contributed by atoms with Gasteiger partial charge in [-0.2, -0.15) is 0 Å². The summed E-state index contributed by atoms with van der Waals surface area (Å²) in [5.41, 5.74) is 0. The summed E-state index contributed by atoms with van der Waals surface area (Å²) >= 11 is 0. The van der Waals surface area contributed by atoms with Crippen molar-refractivity contribution in [2.24, 2.45) is 0 Å². The molecule has 1 N–H and O–H groups in total. The quantitative estimate of drug-likeness (QED) is 0.545. The fourth-order valence-electron chi connectivity index (χ4n) is 1.86. The van der Waals surface area contributed by atoms with Gasteiger partial charge in [0.1, 0.15) is 5.78 Å². The number of Topliss-reactive ketones (excluding diaryl/α,β-unsaturated/α-hetero) is 1. The fourth-order valence-corrected chi connectivity index (χ4v) is 1.86. The number of unbranched alkanes of at least 4 members (excludes halogenated alkanes) is 5. The van der Waals surface area contributed by atoms with Crippen LogP contribution in [0.4, 0.5) is 0 Å². The molecule has 0 heterocycles. The Morgan fingerprint density at radius 1 is 1.00 bits per heavy atom. The molecule has 96 valence electrons. The van der Waals surface area contributed by atoms with E-state index in [0.29, 0.717) is 5.78 Å². The van der Waals surface area contributed by atoms with Crippen LogP contribution in [0.1, 0.15) is 72.1 Å². The molecule has 0 saturated heterocycles. The van der Waals surface area contributed by atoms with E-state index in [1.54, 1.807) is 6.92 Å². The second kappa shape index (κ2) is 11.1. The normalized spacial score (nSPS) is 12.7. The number of carbonyl (C=O) groups is 1. The fraction of sp³-hybridized carbons (Fsp3) is 0.929. The largest absolute Gasteiger partial charge is 0.307 e. The SMILES string of the molecule is CCCCCCCNC(CCCC)C(C)=O. The molecule has 2 heteroatoms. The summed E-state index contributed by atoms with van der Waals surface area (Å²) in [5.74, 6) is 0.294. The molecule has 0 aromatic heterocycles. The van der Waals surface area contributed by atoms with E-state index in [4.69, 9.17) is 0 Å². The van der Waals surface area contributed by atoms with Gasteiger partial charge >= 0.3 is 0 Å². The first-order valence-electron chi connectivity index (χ1n) is 6.96. The Hall–Kier alpha value is -0.370. The Kier molecular flexibility index (Phi) is 10.9. The average Bonchev–Trinajstić information content (AvgIpc) is 2.26. The number of nitrogens with one attached hydrogen (secondary N) is 1. The minimum atomic E-state index is 0.103. The van der Waals surface area contributed by atoms with Gasteiger partial charge in [-0.05, 0) is 26.3 Å². The first-order chi connectivity index (χ1) is 7.72. The molecule has 0 saturated carbocycles. The molecule has 0 aliphatic heterocycles. The van der Waals surface area contributed by atoms with Crippen LogP contribution in [0.5, 0.6) is 0 Å². The summed E-state index contributed by atoms with van der Waals surface area (Å²) in [4.78, 5) is 11.4. The molecule has 0 fully saturated rings. The van der Waals surface area contributed by atoms with Crippen molar-refractivity contribution >= 4 is 5.78 Å². The molecule has 0 spiro atoms. The predicted molar refractivity (Wildman–Crippen MR) is 70.8 cm³/mol. The molecule has 1 unspecified atom stereocenters. The van der Waals surface area contributed by atoms with Crippen LogP contribution in [0, 0.1) is 0 Å². The van der Waals surface area contributed by atoms with Gasteiger partial charge < -0.3 is 5.32 Å². The second-order valence-corrected chi connectivity index (χ2v) is 4.67. The van der Waals surface area contributed by atoms with E-state index in [2.05, 4.69) is 19.2 Å². The standard InChI is InChI=1S/C14H29NO/c1-4-6-8-9-10-12-15-14(13(3)16)11-7-5-2/h14-15H,4-12H2,1-3H3. The topological polar surface area (TPSA) is 29.1 Å². The van der Waals surface area contributed by atoms with E-state index in [9.17, 15) is 4.79 Å². The van der Waals surface area contributed by atoms with E-state index in [-0.39, 0.29) is 6.04 Å². The summed E-state index contributed by atoms with van der Waals surface area (Å²) in [6, 6.07) is 0.103. The highest BCUT2D eigenvalue weighted by Crippen LogP contribution is 2.04. The summed E-state index contributed by atoms with van der Waals surface area (Å²) in [7, 11) is 0. The molecule has 0 radical (unpaired) electrons. The Bertz CT molecular complexity index is 168. The zero-order valence-electron chi connectivity index (χ0n) is 11.3. The van der Waals surface area contributed by atoms with Crippen LogP contribution in [0.15, 0.2) is 0 Å². The van der Waals surface area contributed by atoms with Gasteiger partial charge in [0.2, 0.25) is 0 Å². The van der Waals surface area contributed by atoms with Gasteiger partial charge in [0.15, 0.2) is 0 Å². The molecule has 0 rings (SSSR count). The van der Waals surface area contributed by atoms with E-state index in [1.807, 2.05) is 0 Å². The maximum Gasteiger partial charge on any atom is 0.146 e. The van der Waals surface area contributed by atoms with Crippen molar-refractivity contribution in [3.05, 3.63) is 0 Å². The van der Waals surface area contributed by atoms with Crippen LogP contribution < -0.4 is 5.32 Å². The molecule has 0 bridgehead atoms. The molecular weight excluding hydrogens is 198 g/mol. The smallest absolute Gasteiger partial charge is 0.146 e. The lowest BCUT2D eigenvalue weighted by molar-refractivity contribution is -0.119. The van der Waals surface area contributed by atoms with Crippen molar-refractivity contribution in [2.75, 3.05) is 6.54 Å². The van der Waals surface area contributed by atoms with Crippen molar-refractivity contribution in [1.82, 2.24) is 5.32 Å². The minimum absolute atomic E-state index is 0.103. The van der Waals surface area contributed by atoms with Crippen molar-refractivity contribution in [2.45, 2.75) is 78.2 Å². The molecule has 2 nitrogen and oxygen atoms in total. The van der Waals surface area contributed by atoms with E-state index in [1.165, 1.54) is 38.5 Å². The third-order valence-electron chi connectivity index (χ3n) is 3.01. The summed E-state index contributed by atoms with van der Waals surface area (Å²) < 4.78 is 0. The van der Waals surface area contributed by atoms with E-state index < -0.39 is 0 Å². The van der Waals surface area contributed by atoms with Crippen LogP contribution >= 0.6 is 0 Å². The van der Waals surface area contributed by atoms with Gasteiger partial charge in [-0.15, -0.1) is 0 Å². The monoisotopic (exact) mass is 227 g/mol. The van der Waals surface area contributed by atoms with Gasteiger partial charge in [-0.25, -0.2) is 0 Å². The Morgan fingerprint density at radius 2 is 1.62 bits per heavy atom. The maximum atomic E-state index is 11.4. The molecule has 16 heavy (non-hydrogen) atoms. The Balaban J connectivity index is 3.48. The van der Waals surface area contributed by atoms with Crippen LogP contribution in [0.2, 0.25) is 0 Å². The lowest BCUT2D eigenvalue weighted by Gasteiger charge is -2.15. The highest BCUT2D eigenvalue weighted by Gasteiger charge is 2.11. The maximum absolute atomic E-state index is 11.4. The van der Waals surface area contributed by atoms with Gasteiger partial charge in [-0.1, -0.05) is 52.4 Å². The van der Waals surface area contributed by atoms with Crippen molar-refractivity contribution in [3.63, 3.8) is 0 Å². The van der Waals surface area contributed by atoms with Crippen LogP contribution in [-0.4, -0.2) is 18.4 Å². The number of carbonyl (C=O) groups excluding carboxylic acids is 1. The first-order valence-corrected chi connectivity index (χ1v) is 6.96. The van der Waals surface area contributed by atoms with Crippen molar-refractivity contribution in [1.29, 1.82) is 0 Å². The lowest BCUT2D eigenvalue weighted by atomic mass is 10.1. The molecule has 0 aliphatic rings. The molecule has 0 aromatic rings. The highest BCUT2D eigenvalue weighted by atomic mass is 16.1. The van der Waals surface area contributed by atoms with Gasteiger partial charge in [0.05, 0.1) is 6.04 Å². The molecule has 1 atom stereocenters. The molecule has 0 aromatic carbocycles. The zero-order valence-corrected chi connectivity index (χ0v) is 11.3. The number of rotatable bonds is 11. The zero-order chi connectivity index (χ0) is 12.2. The van der Waals surface area contributed by atoms with Gasteiger partial charge in [0.25, 0.3) is 0 Å². The lowest BCUT2D eigenvalue weighted by Crippen LogP contribution is -2.35. The van der Waals surface area contributed by atoms with Gasteiger partial charge in [0, 0.05) is 0 Å². The molecule has 0 aliphatic carbocycles. The third-order valence-corrected chi connectivity index (χ3v) is 3.01. The summed E-state index contributed by atoms with van der Waals surface area (Å²) in [5, 5.41) is 3.38. The van der Waals surface area contributed by atoms with Crippen molar-refractivity contribution in [3.8, 4) is 0 Å². The Labute approximate surface area is 101 Å². The molecular formula is C14H29NO. The van der Waals surface area contributed by atoms with Crippen molar-refractivity contribution < 1.29 is 4.79 Å². The Morgan fingerprint density at radius 3 is 2.19 bits per heavy atom. The third kappa shape index (κ3) is 8.90. The number of ketones is 1. The van der Waals surface area contributed by atoms with Crippen LogP contribution in [0.3, 0.4) is 0 Å². The van der Waals surface area contributed by atoms with E-state index in [0.717, 1.165) is 19.4 Å². The highest BCUT2D eigenvalue weighted by molar-refractivity contribution is 5.81. The number of hydrogen-bond acceptors (Lipinski definition) is 2. The van der Waals surface area contributed by atoms with Crippen LogP contribution in [0.25, 0.3) is 0 Å². The second-order valence-electron chi connectivity index (χ2n) is 4.67. The number of hydrogen-bond donors (Lipinski definition) is 1. The van der Waals surface area contributed by atoms with Crippen LogP contribution in [-0.2, 0) is 4.79 Å². The van der Waals surface area contributed by atoms with E-state index >= 15 is 0 Å². The molecule has 0 amide bonds. The minimum Gasteiger partial charge on any atom is -0.307 e. The first kappa shape index (κ1) is 15.6.